The van der Waals surface area contributed by atoms with Crippen LogP contribution in [0, 0.1) is 0 Å². The van der Waals surface area contributed by atoms with Gasteiger partial charge in [0.1, 0.15) is 0 Å². The Morgan fingerprint density at radius 2 is 2.25 bits per heavy atom. The topological polar surface area (TPSA) is 116 Å². The van der Waals surface area contributed by atoms with Crippen LogP contribution in [-0.2, 0) is 13.9 Å². The number of hydrogen-bond acceptors (Lipinski definition) is 5. The Labute approximate surface area is 91.7 Å². The fourth-order valence-electron chi connectivity index (χ4n) is 1.19. The number of hydrogen-bond donors (Lipinski definition) is 4. The van der Waals surface area contributed by atoms with E-state index in [2.05, 4.69) is 9.84 Å². The molecular weight excluding hydrogens is 237 g/mol. The summed E-state index contributed by atoms with van der Waals surface area (Å²) >= 11 is 0. The fourth-order valence-corrected chi connectivity index (χ4v) is 1.50. The third-order valence-corrected chi connectivity index (χ3v) is 2.50. The van der Waals surface area contributed by atoms with E-state index >= 15 is 0 Å². The summed E-state index contributed by atoms with van der Waals surface area (Å²) in [6.07, 6.45) is 1.98. The quantitative estimate of drug-likeness (QED) is 0.315. The van der Waals surface area contributed by atoms with Gasteiger partial charge in [0.05, 0.1) is 24.5 Å². The zero-order valence-corrected chi connectivity index (χ0v) is 9.35. The molecule has 0 fully saturated rings. The van der Waals surface area contributed by atoms with Crippen LogP contribution < -0.4 is 5.32 Å². The van der Waals surface area contributed by atoms with Gasteiger partial charge in [-0.15, -0.1) is 0 Å². The molecule has 0 aromatic carbocycles. The van der Waals surface area contributed by atoms with Gasteiger partial charge < -0.3 is 20.2 Å². The molecule has 7 nitrogen and oxygen atoms in total. The van der Waals surface area contributed by atoms with Crippen LogP contribution >= 0.6 is 7.82 Å². The van der Waals surface area contributed by atoms with Crippen molar-refractivity contribution in [2.24, 2.45) is 0 Å². The molecule has 0 saturated carbocycles. The van der Waals surface area contributed by atoms with Gasteiger partial charge in [-0.25, -0.2) is 4.57 Å². The van der Waals surface area contributed by atoms with E-state index in [4.69, 9.17) is 14.9 Å². The molecule has 0 saturated heterocycles. The summed E-state index contributed by atoms with van der Waals surface area (Å²) in [5.74, 6) is -0.366. The molecule has 1 unspecified atom stereocenters. The van der Waals surface area contributed by atoms with E-state index in [-0.39, 0.29) is 16.9 Å². The molecule has 1 atom stereocenters. The first-order chi connectivity index (χ1) is 7.35. The van der Waals surface area contributed by atoms with Gasteiger partial charge in [-0.3, -0.25) is 9.32 Å². The number of carbonyl (C=O) groups is 1. The molecule has 4 N–H and O–H groups in total. The highest BCUT2D eigenvalue weighted by Crippen LogP contribution is 2.37. The van der Waals surface area contributed by atoms with E-state index < -0.39 is 20.5 Å². The number of Topliss-reactive ketones (excluding diaryl/α,β-unsaturated/α-hetero) is 1. The summed E-state index contributed by atoms with van der Waals surface area (Å²) in [6.45, 7) is 1.14. The van der Waals surface area contributed by atoms with Gasteiger partial charge in [0.2, 0.25) is 0 Å². The number of nitrogens with one attached hydrogen (secondary N) is 1. The van der Waals surface area contributed by atoms with Gasteiger partial charge in [-0.2, -0.15) is 0 Å². The molecule has 1 heterocycles. The van der Waals surface area contributed by atoms with Crippen LogP contribution in [0.3, 0.4) is 0 Å². The summed E-state index contributed by atoms with van der Waals surface area (Å²) in [6, 6.07) is -0.489. The molecule has 0 aromatic heterocycles. The van der Waals surface area contributed by atoms with E-state index in [0.29, 0.717) is 6.26 Å². The molecule has 1 aliphatic rings. The van der Waals surface area contributed by atoms with E-state index in [9.17, 15) is 9.36 Å². The Hall–Kier alpha value is -1.14. The maximum atomic E-state index is 11.5. The van der Waals surface area contributed by atoms with Crippen molar-refractivity contribution in [3.05, 3.63) is 23.6 Å². The summed E-state index contributed by atoms with van der Waals surface area (Å²) in [4.78, 5) is 28.5. The Bertz CT molecular complexity index is 395. The average Bonchev–Trinajstić information content (AvgIpc) is 2.18. The second-order valence-corrected chi connectivity index (χ2v) is 4.47. The normalized spacial score (nSPS) is 24.2. The zero-order valence-electron chi connectivity index (χ0n) is 8.45. The predicted octanol–water partition coefficient (Wildman–Crippen LogP) is -0.0177. The number of ketones is 1. The second kappa shape index (κ2) is 4.80. The molecule has 1 aliphatic heterocycles. The molecule has 0 spiro atoms. The van der Waals surface area contributed by atoms with E-state index in [1.54, 1.807) is 6.92 Å². The third kappa shape index (κ3) is 3.18. The maximum absolute atomic E-state index is 11.5. The van der Waals surface area contributed by atoms with Crippen LogP contribution in [0.5, 0.6) is 0 Å². The molecule has 0 amide bonds. The minimum atomic E-state index is -4.59. The Morgan fingerprint density at radius 3 is 2.75 bits per heavy atom. The molecule has 1 rings (SSSR count). The van der Waals surface area contributed by atoms with E-state index in [1.165, 1.54) is 6.20 Å². The molecule has 0 aliphatic carbocycles. The van der Waals surface area contributed by atoms with Crippen LogP contribution in [0.1, 0.15) is 6.92 Å². The molecule has 0 bridgehead atoms. The molecular formula is C8H12NO6P. The number of aliphatic hydroxyl groups excluding tert-OH is 1. The van der Waals surface area contributed by atoms with Crippen LogP contribution in [0.25, 0.3) is 0 Å². The van der Waals surface area contributed by atoms with Crippen molar-refractivity contribution >= 4 is 13.6 Å². The second-order valence-electron chi connectivity index (χ2n) is 3.23. The SMILES string of the molecule is CC1NC=C(COP(=O)(O)O)/C(=C/O)C1=O. The first-order valence-electron chi connectivity index (χ1n) is 4.39. The standard InChI is InChI=1S/C8H12NO6P/c1-5-8(11)7(3-10)6(2-9-5)4-15-16(12,13)14/h2-3,5,9-10H,4H2,1H3,(H2,12,13,14)/b7-3-. The lowest BCUT2D eigenvalue weighted by molar-refractivity contribution is -0.117. The van der Waals surface area contributed by atoms with Crippen molar-refractivity contribution in [2.75, 3.05) is 6.61 Å². The number of phosphoric ester groups is 1. The molecule has 0 radical (unpaired) electrons. The Balaban J connectivity index is 2.80. The maximum Gasteiger partial charge on any atom is 0.469 e. The lowest BCUT2D eigenvalue weighted by atomic mass is 9.97. The minimum absolute atomic E-state index is 0.0142. The summed E-state index contributed by atoms with van der Waals surface area (Å²) < 4.78 is 14.7. The highest BCUT2D eigenvalue weighted by molar-refractivity contribution is 7.46. The van der Waals surface area contributed by atoms with Crippen molar-refractivity contribution in [1.82, 2.24) is 5.32 Å². The summed E-state index contributed by atoms with van der Waals surface area (Å²) in [7, 11) is -4.59. The van der Waals surface area contributed by atoms with Gasteiger partial charge in [0.15, 0.2) is 5.78 Å². The van der Waals surface area contributed by atoms with E-state index in [1.807, 2.05) is 0 Å². The van der Waals surface area contributed by atoms with Gasteiger partial charge in [0.25, 0.3) is 0 Å². The van der Waals surface area contributed by atoms with Gasteiger partial charge in [0, 0.05) is 11.8 Å². The van der Waals surface area contributed by atoms with Gasteiger partial charge >= 0.3 is 7.82 Å². The molecule has 8 heteroatoms. The van der Waals surface area contributed by atoms with E-state index in [0.717, 1.165) is 0 Å². The summed E-state index contributed by atoms with van der Waals surface area (Å²) in [5.41, 5.74) is 0.175. The van der Waals surface area contributed by atoms with Crippen molar-refractivity contribution in [2.45, 2.75) is 13.0 Å². The highest BCUT2D eigenvalue weighted by Gasteiger charge is 2.26. The Kier molecular flexibility index (Phi) is 3.88. The number of aliphatic hydroxyl groups is 1. The monoisotopic (exact) mass is 249 g/mol. The lowest BCUT2D eigenvalue weighted by Crippen LogP contribution is -2.36. The minimum Gasteiger partial charge on any atom is -0.515 e. The van der Waals surface area contributed by atoms with Crippen molar-refractivity contribution in [1.29, 1.82) is 0 Å². The van der Waals surface area contributed by atoms with Gasteiger partial charge in [-0.05, 0) is 6.92 Å². The van der Waals surface area contributed by atoms with Crippen molar-refractivity contribution in [3.8, 4) is 0 Å². The van der Waals surface area contributed by atoms with Crippen LogP contribution in [0.4, 0.5) is 0 Å². The number of phosphoric acid groups is 1. The van der Waals surface area contributed by atoms with Crippen molar-refractivity contribution < 1.29 is 28.8 Å². The Morgan fingerprint density at radius 1 is 1.62 bits per heavy atom. The molecule has 16 heavy (non-hydrogen) atoms. The summed E-state index contributed by atoms with van der Waals surface area (Å²) in [5, 5.41) is 11.6. The lowest BCUT2D eigenvalue weighted by Gasteiger charge is -2.21. The first kappa shape index (κ1) is 12.9. The van der Waals surface area contributed by atoms with Gasteiger partial charge in [-0.1, -0.05) is 0 Å². The predicted molar refractivity (Wildman–Crippen MR) is 54.4 cm³/mol. The highest BCUT2D eigenvalue weighted by atomic mass is 31.2. The molecule has 90 valence electrons. The zero-order chi connectivity index (χ0) is 12.3. The van der Waals surface area contributed by atoms with Crippen LogP contribution in [0.2, 0.25) is 0 Å². The third-order valence-electron chi connectivity index (χ3n) is 2.03. The van der Waals surface area contributed by atoms with Crippen molar-refractivity contribution in [3.63, 3.8) is 0 Å². The smallest absolute Gasteiger partial charge is 0.469 e. The first-order valence-corrected chi connectivity index (χ1v) is 5.92. The number of carbonyl (C=O) groups excluding carboxylic acids is 1. The molecule has 0 aromatic rings. The fraction of sp³-hybridized carbons (Fsp3) is 0.375. The largest absolute Gasteiger partial charge is 0.515 e. The van der Waals surface area contributed by atoms with Crippen LogP contribution in [0.15, 0.2) is 23.6 Å². The van der Waals surface area contributed by atoms with Crippen LogP contribution in [-0.4, -0.2) is 33.3 Å². The average molecular weight is 249 g/mol. The number of rotatable bonds is 3.